The van der Waals surface area contributed by atoms with Crippen LogP contribution in [0, 0.1) is 26.7 Å². The van der Waals surface area contributed by atoms with Gasteiger partial charge in [0.1, 0.15) is 0 Å². The van der Waals surface area contributed by atoms with Crippen LogP contribution in [0.15, 0.2) is 19.7 Å². The second-order valence-corrected chi connectivity index (χ2v) is 1.56. The van der Waals surface area contributed by atoms with E-state index in [2.05, 4.69) is 46.4 Å². The fourth-order valence-electron chi connectivity index (χ4n) is 0. The first-order valence-corrected chi connectivity index (χ1v) is 3.78. The Morgan fingerprint density at radius 1 is 0.800 bits per heavy atom. The molecule has 0 heterocycles. The molecule has 0 atom stereocenters. The summed E-state index contributed by atoms with van der Waals surface area (Å²) in [6.07, 6.45) is -0.755. The molecular formula is C10H25N5. The second-order valence-electron chi connectivity index (χ2n) is 1.56. The van der Waals surface area contributed by atoms with Crippen LogP contribution in [0.25, 0.3) is 0 Å². The van der Waals surface area contributed by atoms with Gasteiger partial charge in [0.2, 0.25) is 0 Å². The first-order valence-electron chi connectivity index (χ1n) is 3.78. The van der Waals surface area contributed by atoms with Crippen molar-refractivity contribution in [2.45, 2.75) is 12.3 Å². The van der Waals surface area contributed by atoms with Gasteiger partial charge >= 0.3 is 0 Å². The molecule has 0 aromatic carbocycles. The lowest BCUT2D eigenvalue weighted by Gasteiger charge is -1.93. The molecule has 4 radical (unpaired) electrons. The Bertz CT molecular complexity index is 68.7. The average Bonchev–Trinajstić information content (AvgIpc) is 2.26. The summed E-state index contributed by atoms with van der Waals surface area (Å²) in [5.41, 5.74) is 24.4. The predicted octanol–water partition coefficient (Wildman–Crippen LogP) is -0.931. The summed E-state index contributed by atoms with van der Waals surface area (Å²) in [5, 5.41) is 0. The third kappa shape index (κ3) is 1520. The summed E-state index contributed by atoms with van der Waals surface area (Å²) in [6, 6.07) is 0. The Labute approximate surface area is 94.7 Å². The van der Waals surface area contributed by atoms with Crippen molar-refractivity contribution in [2.24, 2.45) is 28.7 Å². The molecular weight excluding hydrogens is 190 g/mol. The fourth-order valence-corrected chi connectivity index (χ4v) is 0. The molecule has 0 rings (SSSR count). The zero-order valence-corrected chi connectivity index (χ0v) is 9.31. The third-order valence-corrected chi connectivity index (χ3v) is 0.272. The van der Waals surface area contributed by atoms with Crippen molar-refractivity contribution in [3.8, 4) is 0 Å². The molecule has 0 saturated heterocycles. The predicted molar refractivity (Wildman–Crippen MR) is 68.5 cm³/mol. The molecule has 0 aromatic rings. The van der Waals surface area contributed by atoms with Crippen LogP contribution in [-0.4, -0.2) is 18.9 Å². The van der Waals surface area contributed by atoms with E-state index in [4.69, 9.17) is 28.7 Å². The average molecular weight is 215 g/mol. The number of nitrogens with two attached hydrogens (primary N) is 5. The van der Waals surface area contributed by atoms with Gasteiger partial charge < -0.3 is 28.7 Å². The van der Waals surface area contributed by atoms with Gasteiger partial charge in [0.25, 0.3) is 0 Å². The molecule has 0 aliphatic carbocycles. The molecule has 0 fully saturated rings. The number of rotatable bonds is 1. The summed E-state index contributed by atoms with van der Waals surface area (Å²) in [5.74, 6) is 0. The van der Waals surface area contributed by atoms with Crippen molar-refractivity contribution >= 4 is 0 Å². The molecule has 0 saturated carbocycles. The minimum absolute atomic E-state index is 0.338. The Hall–Kier alpha value is -0.980. The third-order valence-electron chi connectivity index (χ3n) is 0.272. The molecule has 0 unspecified atom stereocenters. The van der Waals surface area contributed by atoms with Crippen molar-refractivity contribution < 1.29 is 0 Å². The zero-order valence-electron chi connectivity index (χ0n) is 9.31. The van der Waals surface area contributed by atoms with Crippen molar-refractivity contribution in [3.63, 3.8) is 0 Å². The van der Waals surface area contributed by atoms with Gasteiger partial charge in [-0.25, -0.2) is 0 Å². The van der Waals surface area contributed by atoms with Crippen LogP contribution in [-0.2, 0) is 0 Å². The lowest BCUT2D eigenvalue weighted by atomic mass is 10.6. The van der Waals surface area contributed by atoms with Crippen LogP contribution in [0.2, 0.25) is 0 Å². The van der Waals surface area contributed by atoms with Crippen LogP contribution in [0.4, 0.5) is 0 Å². The van der Waals surface area contributed by atoms with E-state index >= 15 is 0 Å². The van der Waals surface area contributed by atoms with Crippen LogP contribution in [0.5, 0.6) is 0 Å². The van der Waals surface area contributed by atoms with Gasteiger partial charge in [-0.3, -0.25) is 0 Å². The van der Waals surface area contributed by atoms with Crippen LogP contribution in [0.1, 0.15) is 0 Å². The van der Waals surface area contributed by atoms with Gasteiger partial charge in [-0.05, 0) is 6.92 Å². The van der Waals surface area contributed by atoms with Crippen LogP contribution >= 0.6 is 0 Å². The Morgan fingerprint density at radius 3 is 0.867 bits per heavy atom. The molecule has 90 valence electrons. The summed E-state index contributed by atoms with van der Waals surface area (Å²) in [7, 11) is 0. The largest absolute Gasteiger partial charge is 0.328 e. The molecule has 0 aliphatic rings. The first-order chi connectivity index (χ1) is 7.00. The van der Waals surface area contributed by atoms with E-state index < -0.39 is 6.17 Å². The molecule has 0 aromatic heterocycles. The van der Waals surface area contributed by atoms with Gasteiger partial charge in [-0.1, -0.05) is 39.5 Å². The van der Waals surface area contributed by atoms with E-state index in [-0.39, 0.29) is 6.17 Å². The first kappa shape index (κ1) is 29.2. The standard InChI is InChI=1S/C2H9N3.C2H7N2.3C2H3/c3-1-2(4)5;1-2(3)4;3*1-2/h2H,1,3-5H2;2H,1,3-4H2;3*1H,2H2. The smallest absolute Gasteiger partial charge is 0.0647 e. The van der Waals surface area contributed by atoms with E-state index in [1.165, 1.54) is 0 Å². The van der Waals surface area contributed by atoms with Gasteiger partial charge in [-0.2, -0.15) is 0 Å². The van der Waals surface area contributed by atoms with E-state index in [0.717, 1.165) is 0 Å². The zero-order chi connectivity index (χ0) is 13.9. The Balaban J connectivity index is -0.0000000301. The highest BCUT2D eigenvalue weighted by molar-refractivity contribution is 4.46. The van der Waals surface area contributed by atoms with Crippen molar-refractivity contribution in [3.05, 3.63) is 46.4 Å². The maximum atomic E-state index is 4.94. The Morgan fingerprint density at radius 2 is 0.867 bits per heavy atom. The van der Waals surface area contributed by atoms with E-state index in [1.54, 1.807) is 0 Å². The van der Waals surface area contributed by atoms with E-state index in [0.29, 0.717) is 6.54 Å². The molecule has 5 heteroatoms. The summed E-state index contributed by atoms with van der Waals surface area (Å²) in [4.78, 5) is 0. The minimum atomic E-state index is -0.417. The molecule has 0 aliphatic heterocycles. The number of hydrogen-bond acceptors (Lipinski definition) is 5. The topological polar surface area (TPSA) is 130 Å². The molecule has 5 nitrogen and oxygen atoms in total. The molecule has 0 amide bonds. The maximum Gasteiger partial charge on any atom is 0.0647 e. The molecule has 0 spiro atoms. The molecule has 0 bridgehead atoms. The van der Waals surface area contributed by atoms with Gasteiger partial charge in [0, 0.05) is 6.54 Å². The second kappa shape index (κ2) is 51.9. The van der Waals surface area contributed by atoms with Crippen LogP contribution in [0.3, 0.4) is 0 Å². The highest BCUT2D eigenvalue weighted by Crippen LogP contribution is 1.43. The highest BCUT2D eigenvalue weighted by atomic mass is 14.9. The molecule has 10 N–H and O–H groups in total. The number of hydrogen-bond donors (Lipinski definition) is 5. The normalized spacial score (nSPS) is 6.40. The van der Waals surface area contributed by atoms with Crippen LogP contribution < -0.4 is 28.7 Å². The van der Waals surface area contributed by atoms with E-state index in [1.807, 2.05) is 0 Å². The summed E-state index contributed by atoms with van der Waals surface area (Å²) >= 11 is 0. The van der Waals surface area contributed by atoms with E-state index in [9.17, 15) is 0 Å². The van der Waals surface area contributed by atoms with Gasteiger partial charge in [-0.15, -0.1) is 0 Å². The van der Waals surface area contributed by atoms with Gasteiger partial charge in [0.05, 0.1) is 12.3 Å². The minimum Gasteiger partial charge on any atom is -0.328 e. The molecule has 15 heavy (non-hydrogen) atoms. The monoisotopic (exact) mass is 215 g/mol. The summed E-state index contributed by atoms with van der Waals surface area (Å²) in [6.45, 7) is 24.6. The summed E-state index contributed by atoms with van der Waals surface area (Å²) < 4.78 is 0. The quantitative estimate of drug-likeness (QED) is 0.361. The SMILES string of the molecule is NCC(N)N.[CH2]C(N)N.[CH]=C.[CH]=C.[CH]=C. The van der Waals surface area contributed by atoms with Crippen molar-refractivity contribution in [1.82, 2.24) is 0 Å². The Kier molecular flexibility index (Phi) is 101. The fraction of sp³-hybridized carbons (Fsp3) is 0.300. The lowest BCUT2D eigenvalue weighted by Crippen LogP contribution is -2.37. The highest BCUT2D eigenvalue weighted by Gasteiger charge is 1.79. The maximum absolute atomic E-state index is 4.94. The van der Waals surface area contributed by atoms with Crippen molar-refractivity contribution in [2.75, 3.05) is 6.54 Å². The lowest BCUT2D eigenvalue weighted by molar-refractivity contribution is 0.718. The van der Waals surface area contributed by atoms with Crippen molar-refractivity contribution in [1.29, 1.82) is 0 Å². The van der Waals surface area contributed by atoms with Gasteiger partial charge in [0.15, 0.2) is 0 Å².